The number of halogens is 2. The molecule has 0 saturated heterocycles. The lowest BCUT2D eigenvalue weighted by molar-refractivity contribution is -0.113. The number of amides is 1. The molecule has 3 aromatic rings. The Morgan fingerprint density at radius 1 is 1.26 bits per heavy atom. The summed E-state index contributed by atoms with van der Waals surface area (Å²) in [6.07, 6.45) is 0. The van der Waals surface area contributed by atoms with Crippen molar-refractivity contribution in [3.05, 3.63) is 53.3 Å². The van der Waals surface area contributed by atoms with E-state index < -0.39 is 11.7 Å². The Bertz CT molecular complexity index is 934. The zero-order valence-electron chi connectivity index (χ0n) is 14.2. The molecular weight excluding hydrogens is 393 g/mol. The summed E-state index contributed by atoms with van der Waals surface area (Å²) in [7, 11) is 0. The zero-order valence-corrected chi connectivity index (χ0v) is 15.8. The van der Waals surface area contributed by atoms with Crippen LogP contribution in [0.1, 0.15) is 6.92 Å². The topological polar surface area (TPSA) is 77.2 Å². The van der Waals surface area contributed by atoms with Crippen molar-refractivity contribution in [3.63, 3.8) is 0 Å². The molecule has 1 N–H and O–H groups in total. The SMILES string of the molecule is CCOc1ccc(-c2nnc(SCC(=O)Nc3cc(Cl)ccc3F)o2)cc1. The summed E-state index contributed by atoms with van der Waals surface area (Å²) < 4.78 is 24.6. The van der Waals surface area contributed by atoms with Crippen molar-refractivity contribution in [1.82, 2.24) is 10.2 Å². The molecule has 0 aliphatic carbocycles. The summed E-state index contributed by atoms with van der Waals surface area (Å²) in [6.45, 7) is 2.49. The van der Waals surface area contributed by atoms with Crippen LogP contribution in [0.5, 0.6) is 5.75 Å². The lowest BCUT2D eigenvalue weighted by atomic mass is 10.2. The van der Waals surface area contributed by atoms with Gasteiger partial charge in [-0.2, -0.15) is 0 Å². The highest BCUT2D eigenvalue weighted by Crippen LogP contribution is 2.25. The molecule has 0 aliphatic rings. The number of ether oxygens (including phenoxy) is 1. The van der Waals surface area contributed by atoms with Crippen LogP contribution in [0.4, 0.5) is 10.1 Å². The molecule has 3 rings (SSSR count). The van der Waals surface area contributed by atoms with Crippen molar-refractivity contribution in [2.24, 2.45) is 0 Å². The number of anilines is 1. The average Bonchev–Trinajstić information content (AvgIpc) is 3.13. The van der Waals surface area contributed by atoms with Gasteiger partial charge < -0.3 is 14.5 Å². The number of rotatable bonds is 7. The lowest BCUT2D eigenvalue weighted by Crippen LogP contribution is -2.15. The number of hydrogen-bond acceptors (Lipinski definition) is 6. The molecule has 0 radical (unpaired) electrons. The lowest BCUT2D eigenvalue weighted by Gasteiger charge is -2.05. The van der Waals surface area contributed by atoms with Crippen LogP contribution in [-0.4, -0.2) is 28.5 Å². The van der Waals surface area contributed by atoms with E-state index in [1.54, 1.807) is 0 Å². The van der Waals surface area contributed by atoms with E-state index in [9.17, 15) is 9.18 Å². The van der Waals surface area contributed by atoms with Gasteiger partial charge in [-0.05, 0) is 49.4 Å². The van der Waals surface area contributed by atoms with Gasteiger partial charge in [0.2, 0.25) is 11.8 Å². The quantitative estimate of drug-likeness (QED) is 0.574. The number of aromatic nitrogens is 2. The van der Waals surface area contributed by atoms with Gasteiger partial charge in [-0.1, -0.05) is 23.4 Å². The van der Waals surface area contributed by atoms with Gasteiger partial charge in [-0.25, -0.2) is 4.39 Å². The molecule has 140 valence electrons. The molecule has 0 spiro atoms. The van der Waals surface area contributed by atoms with E-state index in [2.05, 4.69) is 15.5 Å². The summed E-state index contributed by atoms with van der Waals surface area (Å²) >= 11 is 6.85. The van der Waals surface area contributed by atoms with Crippen LogP contribution < -0.4 is 10.1 Å². The molecule has 0 atom stereocenters. The third-order valence-corrected chi connectivity index (χ3v) is 4.40. The Morgan fingerprint density at radius 2 is 2.04 bits per heavy atom. The van der Waals surface area contributed by atoms with E-state index in [4.69, 9.17) is 20.8 Å². The van der Waals surface area contributed by atoms with Gasteiger partial charge in [0.25, 0.3) is 5.22 Å². The van der Waals surface area contributed by atoms with Gasteiger partial charge in [0.15, 0.2) is 0 Å². The Hall–Kier alpha value is -2.58. The molecule has 0 aliphatic heterocycles. The molecule has 6 nitrogen and oxygen atoms in total. The van der Waals surface area contributed by atoms with Crippen LogP contribution in [0.2, 0.25) is 5.02 Å². The number of carbonyl (C=O) groups is 1. The first kappa shape index (κ1) is 19.2. The van der Waals surface area contributed by atoms with E-state index in [1.165, 1.54) is 18.2 Å². The Morgan fingerprint density at radius 3 is 2.78 bits per heavy atom. The maximum atomic E-state index is 13.6. The average molecular weight is 408 g/mol. The van der Waals surface area contributed by atoms with Crippen molar-refractivity contribution in [1.29, 1.82) is 0 Å². The van der Waals surface area contributed by atoms with Crippen molar-refractivity contribution < 1.29 is 18.3 Å². The number of benzene rings is 2. The maximum absolute atomic E-state index is 13.6. The highest BCUT2D eigenvalue weighted by atomic mass is 35.5. The molecule has 2 aromatic carbocycles. The normalized spacial score (nSPS) is 10.6. The number of thioether (sulfide) groups is 1. The monoisotopic (exact) mass is 407 g/mol. The Labute approximate surface area is 164 Å². The minimum absolute atomic E-state index is 0.0170. The van der Waals surface area contributed by atoms with E-state index in [-0.39, 0.29) is 16.7 Å². The Kier molecular flexibility index (Phi) is 6.31. The number of hydrogen-bond donors (Lipinski definition) is 1. The van der Waals surface area contributed by atoms with Gasteiger partial charge in [0.1, 0.15) is 11.6 Å². The first-order chi connectivity index (χ1) is 13.0. The Balaban J connectivity index is 1.57. The van der Waals surface area contributed by atoms with E-state index >= 15 is 0 Å². The molecular formula is C18H15ClFN3O3S. The smallest absolute Gasteiger partial charge is 0.277 e. The van der Waals surface area contributed by atoms with E-state index in [0.717, 1.165) is 23.1 Å². The minimum atomic E-state index is -0.562. The number of carbonyl (C=O) groups excluding carboxylic acids is 1. The third-order valence-electron chi connectivity index (χ3n) is 3.35. The first-order valence-corrected chi connectivity index (χ1v) is 9.36. The van der Waals surface area contributed by atoms with Crippen LogP contribution in [0.3, 0.4) is 0 Å². The van der Waals surface area contributed by atoms with Gasteiger partial charge in [-0.3, -0.25) is 4.79 Å². The summed E-state index contributed by atoms with van der Waals surface area (Å²) in [4.78, 5) is 12.0. The molecule has 1 aromatic heterocycles. The number of nitrogens with one attached hydrogen (secondary N) is 1. The van der Waals surface area contributed by atoms with Crippen LogP contribution in [0, 0.1) is 5.82 Å². The molecule has 0 bridgehead atoms. The fraction of sp³-hybridized carbons (Fsp3) is 0.167. The van der Waals surface area contributed by atoms with Crippen LogP contribution >= 0.6 is 23.4 Å². The molecule has 0 unspecified atom stereocenters. The largest absolute Gasteiger partial charge is 0.494 e. The standard InChI is InChI=1S/C18H15ClFN3O3S/c1-2-25-13-6-3-11(4-7-13)17-22-23-18(26-17)27-10-16(24)21-15-9-12(19)5-8-14(15)20/h3-9H,2,10H2,1H3,(H,21,24). The third kappa shape index (κ3) is 5.21. The molecule has 9 heteroatoms. The second-order valence-electron chi connectivity index (χ2n) is 5.29. The minimum Gasteiger partial charge on any atom is -0.494 e. The van der Waals surface area contributed by atoms with E-state index in [0.29, 0.717) is 17.5 Å². The van der Waals surface area contributed by atoms with Gasteiger partial charge in [0, 0.05) is 10.6 Å². The highest BCUT2D eigenvalue weighted by molar-refractivity contribution is 7.99. The van der Waals surface area contributed by atoms with Crippen molar-refractivity contribution in [3.8, 4) is 17.2 Å². The second kappa shape index (κ2) is 8.88. The fourth-order valence-corrected chi connectivity index (χ4v) is 2.89. The summed E-state index contributed by atoms with van der Waals surface area (Å²) in [6, 6.07) is 11.2. The first-order valence-electron chi connectivity index (χ1n) is 7.99. The second-order valence-corrected chi connectivity index (χ2v) is 6.65. The van der Waals surface area contributed by atoms with E-state index in [1.807, 2.05) is 31.2 Å². The molecule has 0 saturated carbocycles. The zero-order chi connectivity index (χ0) is 19.2. The summed E-state index contributed by atoms with van der Waals surface area (Å²) in [5.74, 6) is 0.0917. The molecule has 1 heterocycles. The summed E-state index contributed by atoms with van der Waals surface area (Å²) in [5, 5.41) is 10.9. The summed E-state index contributed by atoms with van der Waals surface area (Å²) in [5.41, 5.74) is 0.761. The van der Waals surface area contributed by atoms with Gasteiger partial charge in [0.05, 0.1) is 18.0 Å². The van der Waals surface area contributed by atoms with Crippen LogP contribution in [0.15, 0.2) is 52.1 Å². The van der Waals surface area contributed by atoms with Crippen molar-refractivity contribution in [2.75, 3.05) is 17.7 Å². The predicted molar refractivity (Wildman–Crippen MR) is 102 cm³/mol. The number of nitrogens with zero attached hydrogens (tertiary/aromatic N) is 2. The van der Waals surface area contributed by atoms with Gasteiger partial charge in [-0.15, -0.1) is 10.2 Å². The molecule has 1 amide bonds. The van der Waals surface area contributed by atoms with Crippen molar-refractivity contribution in [2.45, 2.75) is 12.1 Å². The van der Waals surface area contributed by atoms with Crippen molar-refractivity contribution >= 4 is 35.0 Å². The molecule has 0 fully saturated rings. The van der Waals surface area contributed by atoms with Gasteiger partial charge >= 0.3 is 0 Å². The fourth-order valence-electron chi connectivity index (χ4n) is 2.15. The van der Waals surface area contributed by atoms with Crippen LogP contribution in [0.25, 0.3) is 11.5 Å². The molecule has 27 heavy (non-hydrogen) atoms. The van der Waals surface area contributed by atoms with Crippen LogP contribution in [-0.2, 0) is 4.79 Å². The highest BCUT2D eigenvalue weighted by Gasteiger charge is 2.13. The maximum Gasteiger partial charge on any atom is 0.277 e. The predicted octanol–water partition coefficient (Wildman–Crippen LogP) is 4.66.